The molecule has 106 valence electrons. The highest BCUT2D eigenvalue weighted by Gasteiger charge is 2.34. The van der Waals surface area contributed by atoms with Gasteiger partial charge in [-0.1, -0.05) is 13.8 Å². The maximum Gasteiger partial charge on any atom is 0.0812 e. The monoisotopic (exact) mass is 381 g/mol. The Labute approximate surface area is 134 Å². The molecule has 0 radical (unpaired) electrons. The van der Waals surface area contributed by atoms with Crippen molar-refractivity contribution in [3.8, 4) is 5.69 Å². The molecule has 1 aromatic carbocycles. The highest BCUT2D eigenvalue weighted by atomic mass is 127. The molecule has 1 aliphatic rings. The van der Waals surface area contributed by atoms with E-state index in [1.54, 1.807) is 0 Å². The molecule has 0 amide bonds. The van der Waals surface area contributed by atoms with Crippen molar-refractivity contribution in [3.63, 3.8) is 0 Å². The van der Waals surface area contributed by atoms with Crippen LogP contribution in [0.1, 0.15) is 43.3 Å². The molecule has 0 saturated heterocycles. The zero-order chi connectivity index (χ0) is 14.5. The number of nitrogens with zero attached hydrogens (tertiary/aromatic N) is 1. The summed E-state index contributed by atoms with van der Waals surface area (Å²) in [5, 5.41) is 10.4. The number of aliphatic hydroxyl groups is 1. The number of rotatable bonds is 1. The van der Waals surface area contributed by atoms with Crippen molar-refractivity contribution >= 4 is 22.6 Å². The van der Waals surface area contributed by atoms with Gasteiger partial charge in [-0.15, -0.1) is 0 Å². The molecule has 20 heavy (non-hydrogen) atoms. The number of benzene rings is 1. The molecule has 2 nitrogen and oxygen atoms in total. The zero-order valence-corrected chi connectivity index (χ0v) is 14.3. The van der Waals surface area contributed by atoms with Crippen molar-refractivity contribution in [3.05, 3.63) is 50.9 Å². The molecular formula is C17H20INO. The van der Waals surface area contributed by atoms with E-state index >= 15 is 0 Å². The average Bonchev–Trinajstić information content (AvgIpc) is 2.66. The summed E-state index contributed by atoms with van der Waals surface area (Å²) in [6.45, 7) is 6.59. The van der Waals surface area contributed by atoms with Gasteiger partial charge in [-0.3, -0.25) is 0 Å². The Bertz CT molecular complexity index is 640. The molecule has 1 N–H and O–H groups in total. The second-order valence-corrected chi connectivity index (χ2v) is 7.81. The highest BCUT2D eigenvalue weighted by Crippen LogP contribution is 2.42. The van der Waals surface area contributed by atoms with E-state index in [-0.39, 0.29) is 11.5 Å². The van der Waals surface area contributed by atoms with Gasteiger partial charge in [-0.2, -0.15) is 0 Å². The lowest BCUT2D eigenvalue weighted by Crippen LogP contribution is -2.26. The summed E-state index contributed by atoms with van der Waals surface area (Å²) in [5.41, 5.74) is 4.92. The normalized spacial score (nSPS) is 20.8. The summed E-state index contributed by atoms with van der Waals surface area (Å²) in [6.07, 6.45) is 1.52. The minimum Gasteiger partial charge on any atom is -0.388 e. The summed E-state index contributed by atoms with van der Waals surface area (Å²) in [5.74, 6) is 0. The summed E-state index contributed by atoms with van der Waals surface area (Å²) in [4.78, 5) is 0. The van der Waals surface area contributed by atoms with Crippen LogP contribution in [0.2, 0.25) is 0 Å². The van der Waals surface area contributed by atoms with Crippen molar-refractivity contribution in [1.29, 1.82) is 0 Å². The van der Waals surface area contributed by atoms with Crippen molar-refractivity contribution in [2.45, 2.75) is 39.7 Å². The third-order valence-corrected chi connectivity index (χ3v) is 4.88. The first-order valence-electron chi connectivity index (χ1n) is 7.02. The van der Waals surface area contributed by atoms with Crippen LogP contribution in [0.15, 0.2) is 30.3 Å². The summed E-state index contributed by atoms with van der Waals surface area (Å²) >= 11 is 2.33. The predicted octanol–water partition coefficient (Wildman–Crippen LogP) is 4.40. The lowest BCUT2D eigenvalue weighted by molar-refractivity contribution is 0.0987. The van der Waals surface area contributed by atoms with Crippen molar-refractivity contribution < 1.29 is 5.11 Å². The molecule has 1 aliphatic carbocycles. The first kappa shape index (κ1) is 14.1. The maximum atomic E-state index is 10.4. The third-order valence-electron chi connectivity index (χ3n) is 4.16. The van der Waals surface area contributed by atoms with E-state index in [1.165, 1.54) is 20.6 Å². The molecule has 1 heterocycles. The minimum absolute atomic E-state index is 0.151. The molecule has 3 rings (SSSR count). The van der Waals surface area contributed by atoms with Gasteiger partial charge in [0.2, 0.25) is 0 Å². The smallest absolute Gasteiger partial charge is 0.0812 e. The molecule has 0 fully saturated rings. The maximum absolute atomic E-state index is 10.4. The Kier molecular flexibility index (Phi) is 3.45. The van der Waals surface area contributed by atoms with Crippen LogP contribution in [0, 0.1) is 15.9 Å². The fourth-order valence-electron chi connectivity index (χ4n) is 3.29. The molecule has 1 atom stereocenters. The summed E-state index contributed by atoms with van der Waals surface area (Å²) < 4.78 is 3.54. The number of halogens is 1. The van der Waals surface area contributed by atoms with E-state index in [2.05, 4.69) is 78.3 Å². The van der Waals surface area contributed by atoms with E-state index < -0.39 is 0 Å². The second-order valence-electron chi connectivity index (χ2n) is 6.56. The third kappa shape index (κ3) is 2.42. The first-order chi connectivity index (χ1) is 9.37. The SMILES string of the molecule is Cc1cc2c(n1-c1ccc(I)cc1)CC(C)(C)CC2O. The van der Waals surface area contributed by atoms with E-state index in [0.717, 1.165) is 18.4 Å². The Hall–Kier alpha value is -0.810. The number of hydrogen-bond acceptors (Lipinski definition) is 1. The standard InChI is InChI=1S/C17H20INO/c1-11-8-14-15(9-17(2,3)10-16(14)20)19(11)13-6-4-12(18)5-7-13/h4-8,16,20H,9-10H2,1-3H3. The molecule has 1 unspecified atom stereocenters. The number of hydrogen-bond donors (Lipinski definition) is 1. The fourth-order valence-corrected chi connectivity index (χ4v) is 3.65. The Morgan fingerprint density at radius 2 is 1.90 bits per heavy atom. The minimum atomic E-state index is -0.336. The number of aromatic nitrogens is 1. The topological polar surface area (TPSA) is 25.2 Å². The Morgan fingerprint density at radius 3 is 2.55 bits per heavy atom. The number of fused-ring (bicyclic) bond motifs is 1. The lowest BCUT2D eigenvalue weighted by atomic mass is 9.75. The van der Waals surface area contributed by atoms with Gasteiger partial charge in [0.15, 0.2) is 0 Å². The van der Waals surface area contributed by atoms with E-state index in [1.807, 2.05) is 0 Å². The number of aliphatic hydroxyl groups excluding tert-OH is 1. The van der Waals surface area contributed by atoms with Crippen LogP contribution in [0.5, 0.6) is 0 Å². The molecule has 0 aliphatic heterocycles. The summed E-state index contributed by atoms with van der Waals surface area (Å²) in [6, 6.07) is 10.7. The quantitative estimate of drug-likeness (QED) is 0.728. The first-order valence-corrected chi connectivity index (χ1v) is 8.10. The highest BCUT2D eigenvalue weighted by molar-refractivity contribution is 14.1. The van der Waals surface area contributed by atoms with Gasteiger partial charge in [0, 0.05) is 26.2 Å². The van der Waals surface area contributed by atoms with Crippen LogP contribution >= 0.6 is 22.6 Å². The second kappa shape index (κ2) is 4.88. The zero-order valence-electron chi connectivity index (χ0n) is 12.2. The molecule has 2 aromatic rings. The van der Waals surface area contributed by atoms with Gasteiger partial charge in [0.1, 0.15) is 0 Å². The van der Waals surface area contributed by atoms with Gasteiger partial charge in [0.05, 0.1) is 6.10 Å². The Balaban J connectivity index is 2.16. The van der Waals surface area contributed by atoms with Gasteiger partial charge in [-0.05, 0) is 78.1 Å². The van der Waals surface area contributed by atoms with Crippen LogP contribution in [-0.4, -0.2) is 9.67 Å². The number of aryl methyl sites for hydroxylation is 1. The van der Waals surface area contributed by atoms with Crippen LogP contribution < -0.4 is 0 Å². The van der Waals surface area contributed by atoms with Crippen LogP contribution in [0.25, 0.3) is 5.69 Å². The molecule has 1 aromatic heterocycles. The lowest BCUT2D eigenvalue weighted by Gasteiger charge is -2.34. The van der Waals surface area contributed by atoms with Crippen LogP contribution in [0.4, 0.5) is 0 Å². The van der Waals surface area contributed by atoms with Crippen molar-refractivity contribution in [2.75, 3.05) is 0 Å². The van der Waals surface area contributed by atoms with E-state index in [4.69, 9.17) is 0 Å². The molecular weight excluding hydrogens is 361 g/mol. The van der Waals surface area contributed by atoms with Gasteiger partial charge >= 0.3 is 0 Å². The van der Waals surface area contributed by atoms with E-state index in [9.17, 15) is 5.11 Å². The molecule has 0 spiro atoms. The largest absolute Gasteiger partial charge is 0.388 e. The van der Waals surface area contributed by atoms with Gasteiger partial charge in [-0.25, -0.2) is 0 Å². The van der Waals surface area contributed by atoms with Crippen molar-refractivity contribution in [2.24, 2.45) is 5.41 Å². The fraction of sp³-hybridized carbons (Fsp3) is 0.412. The van der Waals surface area contributed by atoms with Crippen LogP contribution in [0.3, 0.4) is 0 Å². The Morgan fingerprint density at radius 1 is 1.25 bits per heavy atom. The molecule has 3 heteroatoms. The molecule has 0 saturated carbocycles. The van der Waals surface area contributed by atoms with Crippen LogP contribution in [-0.2, 0) is 6.42 Å². The average molecular weight is 381 g/mol. The van der Waals surface area contributed by atoms with Gasteiger partial charge < -0.3 is 9.67 Å². The van der Waals surface area contributed by atoms with Crippen molar-refractivity contribution in [1.82, 2.24) is 4.57 Å². The van der Waals surface area contributed by atoms with E-state index in [0.29, 0.717) is 0 Å². The summed E-state index contributed by atoms with van der Waals surface area (Å²) in [7, 11) is 0. The van der Waals surface area contributed by atoms with Gasteiger partial charge in [0.25, 0.3) is 0 Å². The predicted molar refractivity (Wildman–Crippen MR) is 90.3 cm³/mol. The molecule has 0 bridgehead atoms.